The number of carbonyl (C=O) groups is 3. The predicted octanol–water partition coefficient (Wildman–Crippen LogP) is 3.75. The standard InChI is InChI=1S/C31H43N3O5S/c1-7-15-32(20(4)5)30(38)27-31-21(6)19-24(40-31)25(26(31)29(37)34(27)17-10-18-35)28(36)33(16-8-2)22-11-13-23(14-12-22)39-9-3/h7-8,11-14,20-21,24-27,35H,1-2,9-10,15-19H2,3-6H3/t21?,24-,25+,26+,27?,31?/m1/s1. The van der Waals surface area contributed by atoms with Crippen LogP contribution in [-0.4, -0.2) is 87.6 Å². The van der Waals surface area contributed by atoms with Crippen LogP contribution in [0.3, 0.4) is 0 Å². The molecule has 3 saturated heterocycles. The third kappa shape index (κ3) is 4.96. The normalized spacial score (nSPS) is 28.5. The number of aliphatic hydroxyl groups is 1. The largest absolute Gasteiger partial charge is 0.494 e. The lowest BCUT2D eigenvalue weighted by Gasteiger charge is -2.41. The highest BCUT2D eigenvalue weighted by Crippen LogP contribution is 2.69. The quantitative estimate of drug-likeness (QED) is 0.364. The van der Waals surface area contributed by atoms with Crippen LogP contribution in [0.4, 0.5) is 5.69 Å². The molecule has 1 N–H and O–H groups in total. The van der Waals surface area contributed by atoms with Crippen molar-refractivity contribution in [2.45, 2.75) is 62.6 Å². The maximum Gasteiger partial charge on any atom is 0.247 e. The van der Waals surface area contributed by atoms with Crippen LogP contribution in [0, 0.1) is 17.8 Å². The van der Waals surface area contributed by atoms with Crippen LogP contribution in [-0.2, 0) is 14.4 Å². The second-order valence-electron chi connectivity index (χ2n) is 11.2. The number of ether oxygens (including phenoxy) is 1. The molecule has 1 aromatic rings. The van der Waals surface area contributed by atoms with Crippen LogP contribution < -0.4 is 9.64 Å². The Morgan fingerprint density at radius 2 is 1.88 bits per heavy atom. The first-order valence-electron chi connectivity index (χ1n) is 14.3. The van der Waals surface area contributed by atoms with E-state index in [0.717, 1.165) is 17.9 Å². The van der Waals surface area contributed by atoms with Crippen molar-refractivity contribution in [1.29, 1.82) is 0 Å². The predicted molar refractivity (Wildman–Crippen MR) is 159 cm³/mol. The van der Waals surface area contributed by atoms with Crippen LogP contribution in [0.15, 0.2) is 49.6 Å². The number of benzene rings is 1. The summed E-state index contributed by atoms with van der Waals surface area (Å²) in [6.45, 7) is 17.1. The molecule has 3 heterocycles. The highest BCUT2D eigenvalue weighted by molar-refractivity contribution is 8.02. The van der Waals surface area contributed by atoms with Crippen molar-refractivity contribution >= 4 is 35.2 Å². The zero-order valence-electron chi connectivity index (χ0n) is 24.1. The van der Waals surface area contributed by atoms with Crippen molar-refractivity contribution in [1.82, 2.24) is 9.80 Å². The van der Waals surface area contributed by atoms with Crippen molar-refractivity contribution in [3.63, 3.8) is 0 Å². The molecule has 3 fully saturated rings. The van der Waals surface area contributed by atoms with E-state index < -0.39 is 22.6 Å². The second kappa shape index (κ2) is 12.4. The number of likely N-dealkylation sites (tertiary alicyclic amines) is 1. The molecule has 0 aliphatic carbocycles. The SMILES string of the molecule is C=CCN(C(=O)[C@@H]1[C@H]2C(=O)N(CCCO)C(C(=O)N(CC=C)C(C)C)C23S[C@@H]1CC3C)c1ccc(OCC)cc1. The molecule has 8 nitrogen and oxygen atoms in total. The Morgan fingerprint density at radius 3 is 2.45 bits per heavy atom. The monoisotopic (exact) mass is 569 g/mol. The van der Waals surface area contributed by atoms with Gasteiger partial charge in [0.25, 0.3) is 0 Å². The summed E-state index contributed by atoms with van der Waals surface area (Å²) in [6, 6.07) is 6.63. The molecule has 0 radical (unpaired) electrons. The highest BCUT2D eigenvalue weighted by Gasteiger charge is 2.76. The molecule has 3 aliphatic rings. The topological polar surface area (TPSA) is 90.4 Å². The first kappa shape index (κ1) is 30.2. The van der Waals surface area contributed by atoms with Crippen LogP contribution in [0.5, 0.6) is 5.75 Å². The Kier molecular flexibility index (Phi) is 9.35. The molecule has 3 unspecified atom stereocenters. The molecule has 6 atom stereocenters. The first-order valence-corrected chi connectivity index (χ1v) is 15.2. The van der Waals surface area contributed by atoms with Gasteiger partial charge in [0.15, 0.2) is 0 Å². The maximum absolute atomic E-state index is 14.4. The molecule has 40 heavy (non-hydrogen) atoms. The summed E-state index contributed by atoms with van der Waals surface area (Å²) in [5.41, 5.74) is 0.718. The summed E-state index contributed by atoms with van der Waals surface area (Å²) in [5.74, 6) is -0.742. The van der Waals surface area contributed by atoms with Crippen molar-refractivity contribution in [2.24, 2.45) is 17.8 Å². The van der Waals surface area contributed by atoms with Gasteiger partial charge in [0.1, 0.15) is 11.8 Å². The number of thioether (sulfide) groups is 1. The van der Waals surface area contributed by atoms with Gasteiger partial charge >= 0.3 is 0 Å². The minimum Gasteiger partial charge on any atom is -0.494 e. The first-order chi connectivity index (χ1) is 19.2. The zero-order valence-corrected chi connectivity index (χ0v) is 24.9. The lowest BCUT2D eigenvalue weighted by atomic mass is 9.65. The van der Waals surface area contributed by atoms with Gasteiger partial charge in [-0.15, -0.1) is 24.9 Å². The number of rotatable bonds is 13. The molecular formula is C31H43N3O5S. The van der Waals surface area contributed by atoms with E-state index in [1.807, 2.05) is 45.0 Å². The summed E-state index contributed by atoms with van der Waals surface area (Å²) in [7, 11) is 0. The van der Waals surface area contributed by atoms with Crippen LogP contribution in [0.2, 0.25) is 0 Å². The summed E-state index contributed by atoms with van der Waals surface area (Å²) in [6.07, 6.45) is 4.54. The van der Waals surface area contributed by atoms with E-state index >= 15 is 0 Å². The van der Waals surface area contributed by atoms with Crippen molar-refractivity contribution < 1.29 is 24.2 Å². The molecule has 2 bridgehead atoms. The summed E-state index contributed by atoms with van der Waals surface area (Å²) >= 11 is 1.67. The average molecular weight is 570 g/mol. The average Bonchev–Trinajstić information content (AvgIpc) is 3.52. The van der Waals surface area contributed by atoms with Gasteiger partial charge < -0.3 is 24.5 Å². The number of amides is 3. The molecule has 4 rings (SSSR count). The van der Waals surface area contributed by atoms with Gasteiger partial charge in [0.2, 0.25) is 17.7 Å². The Labute approximate surface area is 242 Å². The van der Waals surface area contributed by atoms with E-state index in [1.165, 1.54) is 0 Å². The van der Waals surface area contributed by atoms with Crippen LogP contribution in [0.1, 0.15) is 40.5 Å². The smallest absolute Gasteiger partial charge is 0.247 e. The number of hydrogen-bond acceptors (Lipinski definition) is 6. The van der Waals surface area contributed by atoms with Crippen LogP contribution in [0.25, 0.3) is 0 Å². The minimum atomic E-state index is -0.707. The fourth-order valence-electron chi connectivity index (χ4n) is 6.93. The van der Waals surface area contributed by atoms with Gasteiger partial charge in [-0.3, -0.25) is 14.4 Å². The fourth-order valence-corrected chi connectivity index (χ4v) is 9.34. The number of carbonyl (C=O) groups excluding carboxylic acids is 3. The zero-order chi connectivity index (χ0) is 29.2. The van der Waals surface area contributed by atoms with Crippen LogP contribution >= 0.6 is 11.8 Å². The van der Waals surface area contributed by atoms with E-state index in [4.69, 9.17) is 4.74 Å². The summed E-state index contributed by atoms with van der Waals surface area (Å²) in [5, 5.41) is 9.56. The van der Waals surface area contributed by atoms with Gasteiger partial charge in [-0.05, 0) is 63.8 Å². The Morgan fingerprint density at radius 1 is 1.20 bits per heavy atom. The molecule has 0 aromatic heterocycles. The van der Waals surface area contributed by atoms with E-state index in [9.17, 15) is 19.5 Å². The molecular weight excluding hydrogens is 526 g/mol. The van der Waals surface area contributed by atoms with Crippen molar-refractivity contribution in [2.75, 3.05) is 37.7 Å². The molecule has 1 aromatic carbocycles. The van der Waals surface area contributed by atoms with Gasteiger partial charge in [0.05, 0.1) is 23.2 Å². The lowest BCUT2D eigenvalue weighted by Crippen LogP contribution is -2.58. The maximum atomic E-state index is 14.4. The number of hydrogen-bond donors (Lipinski definition) is 1. The third-order valence-electron chi connectivity index (χ3n) is 8.59. The van der Waals surface area contributed by atoms with Gasteiger partial charge in [0, 0.05) is 43.2 Å². The Hall–Kier alpha value is -2.78. The van der Waals surface area contributed by atoms with E-state index in [0.29, 0.717) is 26.1 Å². The number of fused-ring (bicyclic) bond motifs is 1. The molecule has 3 amide bonds. The minimum absolute atomic E-state index is 0.0614. The van der Waals surface area contributed by atoms with Gasteiger partial charge in [-0.25, -0.2) is 0 Å². The number of nitrogens with zero attached hydrogens (tertiary/aromatic N) is 3. The van der Waals surface area contributed by atoms with Gasteiger partial charge in [-0.2, -0.15) is 0 Å². The fraction of sp³-hybridized carbons (Fsp3) is 0.581. The molecule has 3 aliphatic heterocycles. The Balaban J connectivity index is 1.75. The van der Waals surface area contributed by atoms with Gasteiger partial charge in [-0.1, -0.05) is 19.1 Å². The molecule has 9 heteroatoms. The molecule has 1 spiro atoms. The lowest BCUT2D eigenvalue weighted by molar-refractivity contribution is -0.143. The molecule has 218 valence electrons. The van der Waals surface area contributed by atoms with Crippen molar-refractivity contribution in [3.05, 3.63) is 49.6 Å². The third-order valence-corrected chi connectivity index (χ3v) is 10.7. The molecule has 0 saturated carbocycles. The van der Waals surface area contributed by atoms with E-state index in [1.54, 1.807) is 38.6 Å². The highest BCUT2D eigenvalue weighted by atomic mass is 32.2. The second-order valence-corrected chi connectivity index (χ2v) is 12.7. The van der Waals surface area contributed by atoms with E-state index in [2.05, 4.69) is 20.1 Å². The number of aliphatic hydroxyl groups excluding tert-OH is 1. The summed E-state index contributed by atoms with van der Waals surface area (Å²) < 4.78 is 4.87. The Bertz CT molecular complexity index is 1120. The van der Waals surface area contributed by atoms with Crippen molar-refractivity contribution in [3.8, 4) is 5.75 Å². The number of anilines is 1. The summed E-state index contributed by atoms with van der Waals surface area (Å²) in [4.78, 5) is 48.1. The van der Waals surface area contributed by atoms with E-state index in [-0.39, 0.29) is 48.1 Å².